The van der Waals surface area contributed by atoms with Crippen molar-refractivity contribution in [3.05, 3.63) is 59.7 Å². The van der Waals surface area contributed by atoms with Gasteiger partial charge in [0.15, 0.2) is 0 Å². The minimum absolute atomic E-state index is 0.0320. The number of benzene rings is 2. The molecule has 2 heterocycles. The molecule has 1 saturated heterocycles. The Morgan fingerprint density at radius 3 is 2.28 bits per heavy atom. The number of hydrogen-bond acceptors (Lipinski definition) is 8. The fourth-order valence-corrected chi connectivity index (χ4v) is 5.54. The summed E-state index contributed by atoms with van der Waals surface area (Å²) in [7, 11) is 0. The second kappa shape index (κ2) is 15.6. The van der Waals surface area contributed by atoms with Gasteiger partial charge in [-0.05, 0) is 49.6 Å². The fourth-order valence-electron chi connectivity index (χ4n) is 5.54. The molecule has 248 valence electrons. The highest BCUT2D eigenvalue weighted by Crippen LogP contribution is 2.20. The Kier molecular flexibility index (Phi) is 11.6. The van der Waals surface area contributed by atoms with Crippen molar-refractivity contribution in [3.63, 3.8) is 0 Å². The Morgan fingerprint density at radius 2 is 1.61 bits per heavy atom. The number of morpholine rings is 1. The number of ether oxygens (including phenoxy) is 2. The molecular weight excluding hydrogens is 594 g/mol. The summed E-state index contributed by atoms with van der Waals surface area (Å²) >= 11 is 0. The summed E-state index contributed by atoms with van der Waals surface area (Å²) in [5, 5.41) is 20.7. The van der Waals surface area contributed by atoms with Crippen LogP contribution in [0, 0.1) is 5.92 Å². The molecule has 0 bridgehead atoms. The second-order valence-corrected chi connectivity index (χ2v) is 12.1. The molecule has 4 rings (SSSR count). The van der Waals surface area contributed by atoms with Gasteiger partial charge in [-0.25, -0.2) is 0 Å². The van der Waals surface area contributed by atoms with Crippen molar-refractivity contribution in [2.45, 2.75) is 70.9 Å². The lowest BCUT2D eigenvalue weighted by molar-refractivity contribution is -0.146. The zero-order valence-corrected chi connectivity index (χ0v) is 26.6. The number of carbonyl (C=O) groups excluding carboxylic acids is 5. The molecule has 46 heavy (non-hydrogen) atoms. The normalized spacial score (nSPS) is 25.2. The van der Waals surface area contributed by atoms with Gasteiger partial charge < -0.3 is 40.7 Å². The third kappa shape index (κ3) is 9.19. The molecule has 13 heteroatoms. The van der Waals surface area contributed by atoms with Gasteiger partial charge in [0.1, 0.15) is 36.2 Å². The maximum Gasteiger partial charge on any atom is 0.255 e. The topological polar surface area (TPSA) is 175 Å². The Bertz CT molecular complexity index is 1410. The van der Waals surface area contributed by atoms with Crippen molar-refractivity contribution < 1.29 is 38.6 Å². The molecule has 13 nitrogen and oxygen atoms in total. The van der Waals surface area contributed by atoms with Gasteiger partial charge in [0.25, 0.3) is 5.91 Å². The molecule has 0 unspecified atom stereocenters. The van der Waals surface area contributed by atoms with Gasteiger partial charge in [0, 0.05) is 19.5 Å². The molecule has 1 fully saturated rings. The highest BCUT2D eigenvalue weighted by atomic mass is 16.5. The van der Waals surface area contributed by atoms with E-state index in [0.29, 0.717) is 5.56 Å². The average Bonchev–Trinajstić information content (AvgIpc) is 3.00. The Morgan fingerprint density at radius 1 is 0.935 bits per heavy atom. The summed E-state index contributed by atoms with van der Waals surface area (Å²) in [6.45, 7) is 7.93. The van der Waals surface area contributed by atoms with Crippen molar-refractivity contribution in [2.24, 2.45) is 5.92 Å². The highest BCUT2D eigenvalue weighted by molar-refractivity contribution is 6.01. The van der Waals surface area contributed by atoms with Crippen LogP contribution >= 0.6 is 0 Å². The van der Waals surface area contributed by atoms with E-state index in [0.717, 1.165) is 0 Å². The number of hydrogen-bond donors (Lipinski definition) is 5. The van der Waals surface area contributed by atoms with Crippen molar-refractivity contribution in [1.82, 2.24) is 26.2 Å². The molecule has 5 N–H and O–H groups in total. The number of fused-ring (bicyclic) bond motifs is 1. The van der Waals surface area contributed by atoms with Crippen LogP contribution in [0.25, 0.3) is 0 Å². The van der Waals surface area contributed by atoms with Crippen LogP contribution in [0.15, 0.2) is 48.5 Å². The van der Waals surface area contributed by atoms with E-state index in [4.69, 9.17) is 9.47 Å². The number of phenolic OH excluding ortho intramolecular Hbond substituents is 1. The monoisotopic (exact) mass is 637 g/mol. The fraction of sp³-hybridized carbons (Fsp3) is 0.485. The molecule has 2 aromatic carbocycles. The van der Waals surface area contributed by atoms with Crippen molar-refractivity contribution in [3.8, 4) is 11.5 Å². The largest absolute Gasteiger partial charge is 0.508 e. The molecule has 0 aliphatic carbocycles. The number of aromatic hydroxyl groups is 1. The van der Waals surface area contributed by atoms with Gasteiger partial charge in [-0.15, -0.1) is 0 Å². The van der Waals surface area contributed by atoms with E-state index in [1.807, 2.05) is 13.8 Å². The predicted molar refractivity (Wildman–Crippen MR) is 168 cm³/mol. The molecule has 5 atom stereocenters. The van der Waals surface area contributed by atoms with Crippen LogP contribution in [-0.4, -0.2) is 96.1 Å². The van der Waals surface area contributed by atoms with E-state index in [1.165, 1.54) is 12.1 Å². The van der Waals surface area contributed by atoms with E-state index in [2.05, 4.69) is 21.3 Å². The van der Waals surface area contributed by atoms with Gasteiger partial charge in [0.2, 0.25) is 23.6 Å². The average molecular weight is 638 g/mol. The first kappa shape index (κ1) is 34.2. The van der Waals surface area contributed by atoms with Crippen LogP contribution < -0.4 is 26.0 Å². The summed E-state index contributed by atoms with van der Waals surface area (Å²) in [6.07, 6.45) is -0.911. The summed E-state index contributed by atoms with van der Waals surface area (Å²) in [4.78, 5) is 69.3. The Balaban J connectivity index is 1.68. The molecule has 0 saturated carbocycles. The lowest BCUT2D eigenvalue weighted by Gasteiger charge is -2.37. The van der Waals surface area contributed by atoms with Gasteiger partial charge in [-0.1, -0.05) is 38.1 Å². The number of carbonyl (C=O) groups is 5. The van der Waals surface area contributed by atoms with Crippen LogP contribution in [0.2, 0.25) is 0 Å². The standard InChI is InChI=1S/C33H43N5O8/c1-19(2)29-32(43)34-13-14-45-27-8-6-5-7-24(27)30(41)36-26(33(44)38-17-20(3)46-21(4)18-38)16-28(40)35-25(31(42)37-29)15-22-9-11-23(39)12-10-22/h5-12,19-21,25-26,29,39H,13-18H2,1-4H3,(H,34,43)(H,35,40)(H,36,41)(H,37,42)/t20-,21+,25-,26-,29+/m0/s1. The molecule has 0 aromatic heterocycles. The number of nitrogens with one attached hydrogen (secondary N) is 4. The summed E-state index contributed by atoms with van der Waals surface area (Å²) in [5.74, 6) is -2.80. The minimum Gasteiger partial charge on any atom is -0.508 e. The Labute approximate surface area is 268 Å². The number of phenols is 1. The predicted octanol–water partition coefficient (Wildman–Crippen LogP) is 0.893. The highest BCUT2D eigenvalue weighted by Gasteiger charge is 2.35. The first-order valence-corrected chi connectivity index (χ1v) is 15.5. The van der Waals surface area contributed by atoms with E-state index in [-0.39, 0.29) is 67.9 Å². The Hall–Kier alpha value is -4.65. The summed E-state index contributed by atoms with van der Waals surface area (Å²) in [5.41, 5.74) is 0.794. The van der Waals surface area contributed by atoms with E-state index in [9.17, 15) is 29.1 Å². The van der Waals surface area contributed by atoms with Crippen LogP contribution in [0.4, 0.5) is 0 Å². The van der Waals surface area contributed by atoms with E-state index >= 15 is 0 Å². The van der Waals surface area contributed by atoms with Gasteiger partial charge in [-0.2, -0.15) is 0 Å². The third-order valence-electron chi connectivity index (χ3n) is 7.79. The summed E-state index contributed by atoms with van der Waals surface area (Å²) in [6, 6.07) is 9.34. The van der Waals surface area contributed by atoms with Crippen molar-refractivity contribution in [1.29, 1.82) is 0 Å². The smallest absolute Gasteiger partial charge is 0.255 e. The first-order chi connectivity index (χ1) is 21.9. The number of amides is 5. The zero-order valence-electron chi connectivity index (χ0n) is 26.6. The molecule has 2 aliphatic heterocycles. The molecule has 0 radical (unpaired) electrons. The molecule has 2 aliphatic rings. The van der Waals surface area contributed by atoms with Crippen LogP contribution in [0.5, 0.6) is 11.5 Å². The quantitative estimate of drug-likeness (QED) is 0.329. The van der Waals surface area contributed by atoms with Crippen molar-refractivity contribution in [2.75, 3.05) is 26.2 Å². The summed E-state index contributed by atoms with van der Waals surface area (Å²) < 4.78 is 11.6. The SMILES string of the molecule is CC(C)[C@H]1NC(=O)[C@H](Cc2ccc(O)cc2)NC(=O)C[C@@H](C(=O)N2C[C@@H](C)O[C@@H](C)C2)NC(=O)c2ccccc2OCCNC1=O. The third-order valence-corrected chi connectivity index (χ3v) is 7.79. The van der Waals surface area contributed by atoms with Gasteiger partial charge in [-0.3, -0.25) is 24.0 Å². The van der Waals surface area contributed by atoms with E-state index < -0.39 is 54.1 Å². The van der Waals surface area contributed by atoms with Crippen molar-refractivity contribution >= 4 is 29.5 Å². The number of rotatable bonds is 4. The van der Waals surface area contributed by atoms with Gasteiger partial charge >= 0.3 is 0 Å². The molecule has 0 spiro atoms. The maximum absolute atomic E-state index is 13.9. The lowest BCUT2D eigenvalue weighted by atomic mass is 10.0. The molecular formula is C33H43N5O8. The van der Waals surface area contributed by atoms with E-state index in [1.54, 1.807) is 55.1 Å². The van der Waals surface area contributed by atoms with Gasteiger partial charge in [0.05, 0.1) is 30.7 Å². The first-order valence-electron chi connectivity index (χ1n) is 15.5. The second-order valence-electron chi connectivity index (χ2n) is 12.1. The lowest BCUT2D eigenvalue weighted by Crippen LogP contribution is -2.58. The maximum atomic E-state index is 13.9. The zero-order chi connectivity index (χ0) is 33.4. The van der Waals surface area contributed by atoms with Crippen LogP contribution in [-0.2, 0) is 30.3 Å². The van der Waals surface area contributed by atoms with Crippen LogP contribution in [0.3, 0.4) is 0 Å². The molecule has 5 amide bonds. The number of nitrogens with zero attached hydrogens (tertiary/aromatic N) is 1. The minimum atomic E-state index is -1.27. The molecule has 2 aromatic rings. The van der Waals surface area contributed by atoms with Crippen LogP contribution in [0.1, 0.15) is 50.0 Å². The number of para-hydroxylation sites is 1.